The maximum absolute atomic E-state index is 12.6. The van der Waals surface area contributed by atoms with E-state index < -0.39 is 0 Å². The van der Waals surface area contributed by atoms with Crippen molar-refractivity contribution in [2.45, 2.75) is 57.5 Å². The molecule has 2 fully saturated rings. The highest BCUT2D eigenvalue weighted by Gasteiger charge is 2.37. The third-order valence-electron chi connectivity index (χ3n) is 4.69. The van der Waals surface area contributed by atoms with Crippen LogP contribution in [0.25, 0.3) is 0 Å². The fraction of sp³-hybridized carbons (Fsp3) is 0.929. The Morgan fingerprint density at radius 2 is 2.06 bits per heavy atom. The Kier molecular flexibility index (Phi) is 4.62. The summed E-state index contributed by atoms with van der Waals surface area (Å²) in [5.41, 5.74) is 6.00. The summed E-state index contributed by atoms with van der Waals surface area (Å²) in [6.45, 7) is 2.71. The Hall–Kier alpha value is -0.610. The summed E-state index contributed by atoms with van der Waals surface area (Å²) in [7, 11) is 0. The van der Waals surface area contributed by atoms with Gasteiger partial charge in [-0.1, -0.05) is 6.92 Å². The largest absolute Gasteiger partial charge is 0.395 e. The lowest BCUT2D eigenvalue weighted by Gasteiger charge is -2.42. The second-order valence-corrected chi connectivity index (χ2v) is 6.00. The number of hydrogen-bond acceptors (Lipinski definition) is 3. The van der Waals surface area contributed by atoms with Gasteiger partial charge in [0, 0.05) is 24.5 Å². The van der Waals surface area contributed by atoms with Crippen LogP contribution < -0.4 is 5.73 Å². The molecule has 2 aliphatic rings. The average molecular weight is 254 g/mol. The minimum Gasteiger partial charge on any atom is -0.395 e. The molecule has 0 bridgehead atoms. The molecular formula is C14H26N2O2. The highest BCUT2D eigenvalue weighted by molar-refractivity contribution is 5.79. The number of amides is 1. The van der Waals surface area contributed by atoms with Gasteiger partial charge in [0.1, 0.15) is 0 Å². The van der Waals surface area contributed by atoms with Gasteiger partial charge in [-0.05, 0) is 44.4 Å². The fourth-order valence-corrected chi connectivity index (χ4v) is 3.19. The molecule has 0 aromatic rings. The number of rotatable bonds is 4. The monoisotopic (exact) mass is 254 g/mol. The molecule has 3 atom stereocenters. The minimum absolute atomic E-state index is 0.0649. The first-order chi connectivity index (χ1) is 8.63. The number of nitrogens with two attached hydrogens (primary N) is 1. The van der Waals surface area contributed by atoms with E-state index in [0.29, 0.717) is 18.5 Å². The van der Waals surface area contributed by atoms with E-state index in [1.807, 2.05) is 4.90 Å². The molecule has 0 radical (unpaired) electrons. The molecule has 0 saturated heterocycles. The molecule has 4 nitrogen and oxygen atoms in total. The number of carbonyl (C=O) groups is 1. The Morgan fingerprint density at radius 3 is 2.61 bits per heavy atom. The molecule has 1 amide bonds. The maximum Gasteiger partial charge on any atom is 0.226 e. The van der Waals surface area contributed by atoms with Gasteiger partial charge in [-0.25, -0.2) is 0 Å². The number of nitrogens with zero attached hydrogens (tertiary/aromatic N) is 1. The van der Waals surface area contributed by atoms with Crippen molar-refractivity contribution in [3.05, 3.63) is 0 Å². The Labute approximate surface area is 110 Å². The average Bonchev–Trinajstić information content (AvgIpc) is 2.28. The van der Waals surface area contributed by atoms with Gasteiger partial charge in [-0.2, -0.15) is 0 Å². The van der Waals surface area contributed by atoms with E-state index in [2.05, 4.69) is 6.92 Å². The van der Waals surface area contributed by atoms with E-state index in [-0.39, 0.29) is 24.5 Å². The highest BCUT2D eigenvalue weighted by Crippen LogP contribution is 2.33. The molecule has 0 heterocycles. The summed E-state index contributed by atoms with van der Waals surface area (Å²) in [6.07, 6.45) is 6.30. The van der Waals surface area contributed by atoms with Crippen LogP contribution in [0.4, 0.5) is 0 Å². The van der Waals surface area contributed by atoms with Crippen LogP contribution in [0, 0.1) is 11.8 Å². The van der Waals surface area contributed by atoms with Gasteiger partial charge in [-0.3, -0.25) is 4.79 Å². The van der Waals surface area contributed by atoms with E-state index in [1.165, 1.54) is 6.42 Å². The lowest BCUT2D eigenvalue weighted by molar-refractivity contribution is -0.143. The van der Waals surface area contributed by atoms with Crippen LogP contribution in [0.15, 0.2) is 0 Å². The van der Waals surface area contributed by atoms with Crippen LogP contribution >= 0.6 is 0 Å². The summed E-state index contributed by atoms with van der Waals surface area (Å²) in [4.78, 5) is 14.6. The van der Waals surface area contributed by atoms with E-state index in [0.717, 1.165) is 32.1 Å². The van der Waals surface area contributed by atoms with Crippen molar-refractivity contribution in [2.24, 2.45) is 17.6 Å². The standard InChI is InChI=1S/C14H26N2O2/c1-10-5-6-11(15)9-13(10)14(18)16(7-8-17)12-3-2-4-12/h10-13,17H,2-9,15H2,1H3. The zero-order valence-corrected chi connectivity index (χ0v) is 11.3. The molecule has 0 aromatic carbocycles. The van der Waals surface area contributed by atoms with Crippen LogP contribution in [0.3, 0.4) is 0 Å². The van der Waals surface area contributed by atoms with Gasteiger partial charge in [0.2, 0.25) is 5.91 Å². The summed E-state index contributed by atoms with van der Waals surface area (Å²) in [5, 5.41) is 9.15. The van der Waals surface area contributed by atoms with E-state index in [1.54, 1.807) is 0 Å². The maximum atomic E-state index is 12.6. The van der Waals surface area contributed by atoms with Crippen molar-refractivity contribution < 1.29 is 9.90 Å². The normalized spacial score (nSPS) is 32.9. The molecule has 2 rings (SSSR count). The van der Waals surface area contributed by atoms with E-state index in [9.17, 15) is 4.79 Å². The molecule has 4 heteroatoms. The van der Waals surface area contributed by atoms with Crippen molar-refractivity contribution >= 4 is 5.91 Å². The smallest absolute Gasteiger partial charge is 0.226 e. The van der Waals surface area contributed by atoms with Crippen LogP contribution in [0.5, 0.6) is 0 Å². The lowest BCUT2D eigenvalue weighted by Crippen LogP contribution is -2.51. The van der Waals surface area contributed by atoms with Crippen LogP contribution in [0.2, 0.25) is 0 Å². The van der Waals surface area contributed by atoms with Crippen LogP contribution in [-0.4, -0.2) is 41.1 Å². The molecule has 3 unspecified atom stereocenters. The van der Waals surface area contributed by atoms with E-state index >= 15 is 0 Å². The Balaban J connectivity index is 2.01. The fourth-order valence-electron chi connectivity index (χ4n) is 3.19. The van der Waals surface area contributed by atoms with Crippen molar-refractivity contribution in [3.8, 4) is 0 Å². The van der Waals surface area contributed by atoms with Crippen molar-refractivity contribution in [1.29, 1.82) is 0 Å². The van der Waals surface area contributed by atoms with Crippen molar-refractivity contribution in [1.82, 2.24) is 4.90 Å². The molecule has 0 spiro atoms. The molecule has 18 heavy (non-hydrogen) atoms. The predicted molar refractivity (Wildman–Crippen MR) is 70.9 cm³/mol. The predicted octanol–water partition coefficient (Wildman–Crippen LogP) is 1.12. The summed E-state index contributed by atoms with van der Waals surface area (Å²) >= 11 is 0. The van der Waals surface area contributed by atoms with Crippen molar-refractivity contribution in [3.63, 3.8) is 0 Å². The number of hydrogen-bond donors (Lipinski definition) is 2. The molecular weight excluding hydrogens is 228 g/mol. The zero-order valence-electron chi connectivity index (χ0n) is 11.3. The third kappa shape index (κ3) is 2.86. The van der Waals surface area contributed by atoms with Gasteiger partial charge in [0.25, 0.3) is 0 Å². The highest BCUT2D eigenvalue weighted by atomic mass is 16.3. The number of aliphatic hydroxyl groups excluding tert-OH is 1. The van der Waals surface area contributed by atoms with Gasteiger partial charge < -0.3 is 15.7 Å². The molecule has 2 saturated carbocycles. The van der Waals surface area contributed by atoms with Crippen molar-refractivity contribution in [2.75, 3.05) is 13.2 Å². The first kappa shape index (κ1) is 13.8. The quantitative estimate of drug-likeness (QED) is 0.790. The first-order valence-electron chi connectivity index (χ1n) is 7.30. The SMILES string of the molecule is CC1CCC(N)CC1C(=O)N(CCO)C1CCC1. The Morgan fingerprint density at radius 1 is 1.33 bits per heavy atom. The molecule has 3 N–H and O–H groups in total. The van der Waals surface area contributed by atoms with Gasteiger partial charge in [-0.15, -0.1) is 0 Å². The second-order valence-electron chi connectivity index (χ2n) is 6.00. The van der Waals surface area contributed by atoms with Gasteiger partial charge in [0.05, 0.1) is 6.61 Å². The Bertz CT molecular complexity index is 286. The molecule has 0 aromatic heterocycles. The molecule has 104 valence electrons. The number of carbonyl (C=O) groups excluding carboxylic acids is 1. The first-order valence-corrected chi connectivity index (χ1v) is 7.30. The number of aliphatic hydroxyl groups is 1. The summed E-state index contributed by atoms with van der Waals surface area (Å²) in [6, 6.07) is 0.544. The minimum atomic E-state index is 0.0649. The van der Waals surface area contributed by atoms with Crippen LogP contribution in [-0.2, 0) is 4.79 Å². The molecule has 0 aliphatic heterocycles. The van der Waals surface area contributed by atoms with E-state index in [4.69, 9.17) is 10.8 Å². The topological polar surface area (TPSA) is 66.6 Å². The lowest BCUT2D eigenvalue weighted by atomic mass is 9.76. The van der Waals surface area contributed by atoms with Gasteiger partial charge >= 0.3 is 0 Å². The van der Waals surface area contributed by atoms with Crippen LogP contribution in [0.1, 0.15) is 45.4 Å². The summed E-state index contributed by atoms with van der Waals surface area (Å²) in [5.74, 6) is 0.732. The summed E-state index contributed by atoms with van der Waals surface area (Å²) < 4.78 is 0. The van der Waals surface area contributed by atoms with Gasteiger partial charge in [0.15, 0.2) is 0 Å². The third-order valence-corrected chi connectivity index (χ3v) is 4.69. The second kappa shape index (κ2) is 6.02. The zero-order chi connectivity index (χ0) is 13.1. The molecule has 2 aliphatic carbocycles.